The molecule has 0 spiro atoms. The van der Waals surface area contributed by atoms with E-state index in [-0.39, 0.29) is 67.5 Å². The number of para-hydroxylation sites is 3. The van der Waals surface area contributed by atoms with Crippen LogP contribution in [0.3, 0.4) is 0 Å². The number of carbonyl (C=O) groups excluding carboxylic acids is 4. The van der Waals surface area contributed by atoms with E-state index in [0.717, 1.165) is 0 Å². The summed E-state index contributed by atoms with van der Waals surface area (Å²) in [7, 11) is 1.60. The number of benzene rings is 3. The first-order valence-electron chi connectivity index (χ1n) is 16.4. The Morgan fingerprint density at radius 2 is 1.59 bits per heavy atom. The van der Waals surface area contributed by atoms with Gasteiger partial charge in [0.2, 0.25) is 11.8 Å². The molecule has 1 aliphatic heterocycles. The van der Waals surface area contributed by atoms with Crippen molar-refractivity contribution < 1.29 is 33.4 Å². The quantitative estimate of drug-likeness (QED) is 0.121. The number of aliphatic hydroxyl groups excluding tert-OH is 1. The smallest absolute Gasteiger partial charge is 0.321 e. The minimum Gasteiger partial charge on any atom is -0.485 e. The second-order valence-electron chi connectivity index (χ2n) is 12.4. The SMILES string of the molecule is C[C@H](CO)N1C[C@H](C)[C@@H](CN(C)C(=O)Nc2ccc(F)cc2)Oc2c(NC(=O)CCCCCC(=O)Nc3ccccc3N)cccc2C1=O. The van der Waals surface area contributed by atoms with Gasteiger partial charge in [0.1, 0.15) is 11.9 Å². The van der Waals surface area contributed by atoms with Gasteiger partial charge in [0.05, 0.1) is 41.8 Å². The summed E-state index contributed by atoms with van der Waals surface area (Å²) in [6.07, 6.45) is 1.63. The maximum Gasteiger partial charge on any atom is 0.321 e. The molecule has 0 aromatic heterocycles. The lowest BCUT2D eigenvalue weighted by Crippen LogP contribution is -2.50. The molecule has 49 heavy (non-hydrogen) atoms. The number of nitrogens with zero attached hydrogens (tertiary/aromatic N) is 2. The minimum atomic E-state index is -0.611. The molecule has 1 heterocycles. The third-order valence-corrected chi connectivity index (χ3v) is 8.40. The molecule has 0 bridgehead atoms. The number of anilines is 4. The van der Waals surface area contributed by atoms with Gasteiger partial charge in [-0.15, -0.1) is 0 Å². The highest BCUT2D eigenvalue weighted by Crippen LogP contribution is 2.35. The molecule has 3 aromatic rings. The average Bonchev–Trinajstić information content (AvgIpc) is 3.08. The number of nitrogen functional groups attached to an aromatic ring is 1. The first-order chi connectivity index (χ1) is 23.5. The van der Waals surface area contributed by atoms with E-state index in [1.165, 1.54) is 29.2 Å². The van der Waals surface area contributed by atoms with Crippen molar-refractivity contribution in [2.75, 3.05) is 48.4 Å². The molecule has 13 heteroatoms. The molecule has 0 saturated carbocycles. The van der Waals surface area contributed by atoms with Crippen LogP contribution in [-0.2, 0) is 9.59 Å². The lowest BCUT2D eigenvalue weighted by atomic mass is 9.99. The number of rotatable bonds is 13. The highest BCUT2D eigenvalue weighted by atomic mass is 19.1. The fourth-order valence-electron chi connectivity index (χ4n) is 5.45. The Labute approximate surface area is 285 Å². The van der Waals surface area contributed by atoms with Crippen LogP contribution in [0.4, 0.5) is 31.9 Å². The van der Waals surface area contributed by atoms with Gasteiger partial charge in [0.15, 0.2) is 5.75 Å². The number of carbonyl (C=O) groups is 4. The van der Waals surface area contributed by atoms with Crippen molar-refractivity contribution in [3.63, 3.8) is 0 Å². The Kier molecular flexibility index (Phi) is 12.9. The van der Waals surface area contributed by atoms with Gasteiger partial charge in [-0.05, 0) is 68.3 Å². The second kappa shape index (κ2) is 17.3. The molecule has 4 rings (SSSR count). The zero-order valence-electron chi connectivity index (χ0n) is 28.1. The summed E-state index contributed by atoms with van der Waals surface area (Å²) in [5, 5.41) is 18.4. The molecule has 0 saturated heterocycles. The van der Waals surface area contributed by atoms with Crippen LogP contribution in [-0.4, -0.2) is 77.5 Å². The van der Waals surface area contributed by atoms with Gasteiger partial charge in [0.25, 0.3) is 5.91 Å². The van der Waals surface area contributed by atoms with Gasteiger partial charge in [-0.1, -0.05) is 31.5 Å². The van der Waals surface area contributed by atoms with Crippen molar-refractivity contribution in [1.82, 2.24) is 9.80 Å². The maximum absolute atomic E-state index is 13.8. The number of amides is 5. The summed E-state index contributed by atoms with van der Waals surface area (Å²) < 4.78 is 19.8. The topological polar surface area (TPSA) is 166 Å². The normalized spacial score (nSPS) is 16.3. The molecule has 1 aliphatic rings. The van der Waals surface area contributed by atoms with Crippen molar-refractivity contribution >= 4 is 46.5 Å². The monoisotopic (exact) mass is 676 g/mol. The molecule has 3 aromatic carbocycles. The van der Waals surface area contributed by atoms with Crippen LogP contribution >= 0.6 is 0 Å². The summed E-state index contributed by atoms with van der Waals surface area (Å²) in [4.78, 5) is 55.2. The van der Waals surface area contributed by atoms with Crippen molar-refractivity contribution in [2.24, 2.45) is 5.92 Å². The molecule has 0 aliphatic carbocycles. The number of aliphatic hydroxyl groups is 1. The Bertz CT molecular complexity index is 1620. The first kappa shape index (κ1) is 36.7. The van der Waals surface area contributed by atoms with E-state index in [1.807, 2.05) is 6.92 Å². The van der Waals surface area contributed by atoms with Crippen LogP contribution in [0.2, 0.25) is 0 Å². The Morgan fingerprint density at radius 3 is 2.24 bits per heavy atom. The summed E-state index contributed by atoms with van der Waals surface area (Å²) >= 11 is 0. The summed E-state index contributed by atoms with van der Waals surface area (Å²) in [5.74, 6) is -1.32. The van der Waals surface area contributed by atoms with Crippen LogP contribution in [0, 0.1) is 11.7 Å². The third-order valence-electron chi connectivity index (χ3n) is 8.40. The molecular weight excluding hydrogens is 631 g/mol. The minimum absolute atomic E-state index is 0.121. The Balaban J connectivity index is 1.42. The number of fused-ring (bicyclic) bond motifs is 1. The van der Waals surface area contributed by atoms with E-state index in [9.17, 15) is 28.7 Å². The number of nitrogens with one attached hydrogen (secondary N) is 3. The third kappa shape index (κ3) is 10.2. The molecule has 0 radical (unpaired) electrons. The fraction of sp³-hybridized carbons (Fsp3) is 0.389. The maximum atomic E-state index is 13.8. The number of ether oxygens (including phenoxy) is 1. The van der Waals surface area contributed by atoms with E-state index in [0.29, 0.717) is 42.0 Å². The van der Waals surface area contributed by atoms with Gasteiger partial charge in [0, 0.05) is 38.0 Å². The van der Waals surface area contributed by atoms with Gasteiger partial charge in [-0.3, -0.25) is 14.4 Å². The van der Waals surface area contributed by atoms with Crippen LogP contribution in [0.15, 0.2) is 66.7 Å². The largest absolute Gasteiger partial charge is 0.485 e. The summed E-state index contributed by atoms with van der Waals surface area (Å²) in [5.41, 5.74) is 7.90. The fourth-order valence-corrected chi connectivity index (χ4v) is 5.45. The van der Waals surface area contributed by atoms with Crippen LogP contribution in [0.1, 0.15) is 56.3 Å². The van der Waals surface area contributed by atoms with Gasteiger partial charge >= 0.3 is 6.03 Å². The second-order valence-corrected chi connectivity index (χ2v) is 12.4. The molecule has 12 nitrogen and oxygen atoms in total. The zero-order chi connectivity index (χ0) is 35.5. The van der Waals surface area contributed by atoms with E-state index < -0.39 is 24.0 Å². The van der Waals surface area contributed by atoms with Crippen molar-refractivity contribution in [3.05, 3.63) is 78.1 Å². The molecular formula is C36H45FN6O6. The van der Waals surface area contributed by atoms with Crippen LogP contribution < -0.4 is 26.4 Å². The summed E-state index contributed by atoms with van der Waals surface area (Å²) in [6.45, 7) is 3.76. The number of nitrogens with two attached hydrogens (primary N) is 1. The van der Waals surface area contributed by atoms with Crippen LogP contribution in [0.25, 0.3) is 0 Å². The molecule has 0 fully saturated rings. The van der Waals surface area contributed by atoms with E-state index in [2.05, 4.69) is 16.0 Å². The standard InChI is InChI=1S/C36H45FN6O6/c1-23-20-43(24(2)22-44)35(47)27-10-9-13-30(34(27)49-31(23)21-42(3)36(48)39-26-18-16-25(37)17-19-26)41-33(46)15-6-4-5-14-32(45)40-29-12-8-7-11-28(29)38/h7-13,16-19,23-24,31,44H,4-6,14-15,20-22,38H2,1-3H3,(H,39,48)(H,40,45)(H,41,46)/t23-,24+,31+/m0/s1. The van der Waals surface area contributed by atoms with Crippen LogP contribution in [0.5, 0.6) is 5.75 Å². The molecule has 5 amide bonds. The van der Waals surface area contributed by atoms with Crippen molar-refractivity contribution in [2.45, 2.75) is 58.1 Å². The lowest BCUT2D eigenvalue weighted by molar-refractivity contribution is -0.116. The van der Waals surface area contributed by atoms with Gasteiger partial charge < -0.3 is 41.3 Å². The summed E-state index contributed by atoms with van der Waals surface area (Å²) in [6, 6.07) is 16.4. The molecule has 6 N–H and O–H groups in total. The zero-order valence-corrected chi connectivity index (χ0v) is 28.1. The molecule has 262 valence electrons. The van der Waals surface area contributed by atoms with E-state index in [1.54, 1.807) is 61.3 Å². The predicted molar refractivity (Wildman–Crippen MR) is 187 cm³/mol. The Morgan fingerprint density at radius 1 is 0.959 bits per heavy atom. The number of unbranched alkanes of at least 4 members (excludes halogenated alkanes) is 2. The van der Waals surface area contributed by atoms with Crippen molar-refractivity contribution in [3.8, 4) is 5.75 Å². The van der Waals surface area contributed by atoms with Gasteiger partial charge in [-0.25, -0.2) is 9.18 Å². The predicted octanol–water partition coefficient (Wildman–Crippen LogP) is 5.32. The highest BCUT2D eigenvalue weighted by Gasteiger charge is 2.35. The number of hydrogen-bond donors (Lipinski definition) is 5. The lowest BCUT2D eigenvalue weighted by Gasteiger charge is -2.38. The average molecular weight is 677 g/mol. The number of urea groups is 1. The highest BCUT2D eigenvalue weighted by molar-refractivity contribution is 6.01. The molecule has 3 atom stereocenters. The van der Waals surface area contributed by atoms with Gasteiger partial charge in [-0.2, -0.15) is 0 Å². The molecule has 0 unspecified atom stereocenters. The van der Waals surface area contributed by atoms with Crippen molar-refractivity contribution in [1.29, 1.82) is 0 Å². The van der Waals surface area contributed by atoms with E-state index in [4.69, 9.17) is 10.5 Å². The first-order valence-corrected chi connectivity index (χ1v) is 16.4. The number of hydrogen-bond acceptors (Lipinski definition) is 7. The number of halogens is 1. The van der Waals surface area contributed by atoms with E-state index >= 15 is 0 Å². The Hall–Kier alpha value is -5.17. The number of likely N-dealkylation sites (N-methyl/N-ethyl adjacent to an activating group) is 1.